The third-order valence-electron chi connectivity index (χ3n) is 4.57. The highest BCUT2D eigenvalue weighted by atomic mass is 32.2. The van der Waals surface area contributed by atoms with E-state index in [1.807, 2.05) is 36.4 Å². The van der Waals surface area contributed by atoms with E-state index in [0.717, 1.165) is 42.4 Å². The predicted molar refractivity (Wildman–Crippen MR) is 90.5 cm³/mol. The van der Waals surface area contributed by atoms with E-state index in [0.29, 0.717) is 0 Å². The lowest BCUT2D eigenvalue weighted by Crippen LogP contribution is -2.18. The van der Waals surface area contributed by atoms with Crippen LogP contribution in [0.2, 0.25) is 0 Å². The molecule has 3 N–H and O–H groups in total. The Morgan fingerprint density at radius 2 is 1.61 bits per heavy atom. The van der Waals surface area contributed by atoms with E-state index in [-0.39, 0.29) is 16.9 Å². The molecular weight excluding hydrogens is 310 g/mol. The summed E-state index contributed by atoms with van der Waals surface area (Å²) in [6.45, 7) is 0. The molecule has 0 unspecified atom stereocenters. The second-order valence-corrected chi connectivity index (χ2v) is 7.73. The molecule has 0 amide bonds. The van der Waals surface area contributed by atoms with Gasteiger partial charge in [-0.15, -0.1) is 0 Å². The molecule has 1 aliphatic carbocycles. The molecule has 0 aliphatic heterocycles. The van der Waals surface area contributed by atoms with Crippen molar-refractivity contribution in [2.24, 2.45) is 5.14 Å². The summed E-state index contributed by atoms with van der Waals surface area (Å²) in [5.41, 5.74) is 3.11. The van der Waals surface area contributed by atoms with Crippen molar-refractivity contribution >= 4 is 10.0 Å². The second-order valence-electron chi connectivity index (χ2n) is 6.17. The fourth-order valence-electron chi connectivity index (χ4n) is 3.32. The van der Waals surface area contributed by atoms with Crippen molar-refractivity contribution in [3.63, 3.8) is 0 Å². The maximum absolute atomic E-state index is 11.7. The maximum atomic E-state index is 11.7. The Labute approximate surface area is 137 Å². The highest BCUT2D eigenvalue weighted by Gasteiger charge is 2.24. The van der Waals surface area contributed by atoms with Crippen LogP contribution in [0.1, 0.15) is 37.2 Å². The zero-order valence-electron chi connectivity index (χ0n) is 12.9. The minimum atomic E-state index is -3.72. The van der Waals surface area contributed by atoms with Crippen LogP contribution in [0, 0.1) is 0 Å². The average molecular weight is 331 g/mol. The molecule has 1 fully saturated rings. The number of nitrogens with two attached hydrogens (primary N) is 1. The number of hydrogen-bond acceptors (Lipinski definition) is 3. The average Bonchev–Trinajstić information content (AvgIpc) is 2.55. The van der Waals surface area contributed by atoms with Gasteiger partial charge in [-0.1, -0.05) is 36.4 Å². The molecule has 4 nitrogen and oxygen atoms in total. The van der Waals surface area contributed by atoms with Crippen LogP contribution in [0.5, 0.6) is 0 Å². The molecule has 0 radical (unpaired) electrons. The first-order valence-corrected chi connectivity index (χ1v) is 9.40. The number of aliphatic hydroxyl groups is 1. The van der Waals surface area contributed by atoms with Crippen LogP contribution in [0.25, 0.3) is 11.1 Å². The van der Waals surface area contributed by atoms with E-state index in [1.165, 1.54) is 0 Å². The van der Waals surface area contributed by atoms with Gasteiger partial charge in [-0.05, 0) is 60.4 Å². The van der Waals surface area contributed by atoms with Gasteiger partial charge in [0.05, 0.1) is 11.0 Å². The van der Waals surface area contributed by atoms with E-state index in [1.54, 1.807) is 12.1 Å². The Kier molecular flexibility index (Phi) is 4.53. The summed E-state index contributed by atoms with van der Waals surface area (Å²) in [7, 11) is -3.72. The van der Waals surface area contributed by atoms with Crippen molar-refractivity contribution in [2.75, 3.05) is 0 Å². The van der Waals surface area contributed by atoms with Gasteiger partial charge >= 0.3 is 0 Å². The Bertz CT molecular complexity index is 779. The van der Waals surface area contributed by atoms with Crippen LogP contribution in [-0.2, 0) is 10.0 Å². The van der Waals surface area contributed by atoms with E-state index in [2.05, 4.69) is 0 Å². The summed E-state index contributed by atoms with van der Waals surface area (Å²) in [6, 6.07) is 15.1. The molecule has 0 saturated heterocycles. The fourth-order valence-corrected chi connectivity index (χ4v) is 3.87. The van der Waals surface area contributed by atoms with Gasteiger partial charge < -0.3 is 5.11 Å². The first kappa shape index (κ1) is 16.2. The predicted octanol–water partition coefficient (Wildman–Crippen LogP) is 3.02. The Morgan fingerprint density at radius 1 is 0.957 bits per heavy atom. The highest BCUT2D eigenvalue weighted by molar-refractivity contribution is 7.89. The molecule has 0 bridgehead atoms. The normalized spacial score (nSPS) is 22.0. The summed E-state index contributed by atoms with van der Waals surface area (Å²) in [5, 5.41) is 15.0. The molecule has 5 heteroatoms. The Hall–Kier alpha value is -1.69. The van der Waals surface area contributed by atoms with Crippen LogP contribution in [0.3, 0.4) is 0 Å². The minimum absolute atomic E-state index is 0.151. The van der Waals surface area contributed by atoms with Crippen LogP contribution in [0.15, 0.2) is 53.4 Å². The molecule has 2 aromatic rings. The van der Waals surface area contributed by atoms with Crippen LogP contribution in [-0.4, -0.2) is 19.6 Å². The molecule has 0 spiro atoms. The zero-order chi connectivity index (χ0) is 16.4. The smallest absolute Gasteiger partial charge is 0.238 e. The summed E-state index contributed by atoms with van der Waals surface area (Å²) in [4.78, 5) is 0.151. The lowest BCUT2D eigenvalue weighted by molar-refractivity contribution is 0.122. The first-order chi connectivity index (χ1) is 10.9. The van der Waals surface area contributed by atoms with E-state index in [9.17, 15) is 13.5 Å². The van der Waals surface area contributed by atoms with E-state index < -0.39 is 10.0 Å². The summed E-state index contributed by atoms with van der Waals surface area (Å²) >= 11 is 0. The van der Waals surface area contributed by atoms with Crippen molar-refractivity contribution < 1.29 is 13.5 Å². The topological polar surface area (TPSA) is 80.4 Å². The van der Waals surface area contributed by atoms with E-state index >= 15 is 0 Å². The SMILES string of the molecule is NS(=O)(=O)c1ccc(-c2ccccc2)c([C@H]2CC[C@H](O)CC2)c1. The van der Waals surface area contributed by atoms with Gasteiger partial charge in [-0.25, -0.2) is 13.6 Å². The van der Waals surface area contributed by atoms with Crippen molar-refractivity contribution in [3.05, 3.63) is 54.1 Å². The van der Waals surface area contributed by atoms with Crippen molar-refractivity contribution in [1.82, 2.24) is 0 Å². The lowest BCUT2D eigenvalue weighted by Gasteiger charge is -2.27. The molecule has 122 valence electrons. The standard InChI is InChI=1S/C18H21NO3S/c19-23(21,22)16-10-11-17(13-4-2-1-3-5-13)18(12-16)14-6-8-15(20)9-7-14/h1-5,10-12,14-15,20H,6-9H2,(H2,19,21,22)/t14-,15-. The Balaban J connectivity index is 2.09. The summed E-state index contributed by atoms with van der Waals surface area (Å²) < 4.78 is 23.4. The van der Waals surface area contributed by atoms with Crippen LogP contribution >= 0.6 is 0 Å². The van der Waals surface area contributed by atoms with Crippen LogP contribution in [0.4, 0.5) is 0 Å². The van der Waals surface area contributed by atoms with Gasteiger partial charge in [0, 0.05) is 0 Å². The number of benzene rings is 2. The lowest BCUT2D eigenvalue weighted by atomic mass is 9.80. The molecule has 1 aliphatic rings. The number of rotatable bonds is 3. The van der Waals surface area contributed by atoms with Gasteiger partial charge in [0.2, 0.25) is 10.0 Å². The molecule has 23 heavy (non-hydrogen) atoms. The molecule has 2 aromatic carbocycles. The third-order valence-corrected chi connectivity index (χ3v) is 5.48. The van der Waals surface area contributed by atoms with Crippen molar-refractivity contribution in [1.29, 1.82) is 0 Å². The quantitative estimate of drug-likeness (QED) is 0.907. The number of primary sulfonamides is 1. The largest absolute Gasteiger partial charge is 0.393 e. The van der Waals surface area contributed by atoms with Gasteiger partial charge in [0.1, 0.15) is 0 Å². The minimum Gasteiger partial charge on any atom is -0.393 e. The number of hydrogen-bond donors (Lipinski definition) is 2. The Morgan fingerprint density at radius 3 is 2.22 bits per heavy atom. The van der Waals surface area contributed by atoms with Gasteiger partial charge in [0.15, 0.2) is 0 Å². The molecule has 0 atom stereocenters. The molecule has 0 heterocycles. The fraction of sp³-hybridized carbons (Fsp3) is 0.333. The molecule has 0 aromatic heterocycles. The monoisotopic (exact) mass is 331 g/mol. The maximum Gasteiger partial charge on any atom is 0.238 e. The summed E-state index contributed by atoms with van der Waals surface area (Å²) in [5.74, 6) is 0.246. The van der Waals surface area contributed by atoms with Gasteiger partial charge in [-0.3, -0.25) is 0 Å². The molecule has 3 rings (SSSR count). The van der Waals surface area contributed by atoms with Crippen LogP contribution < -0.4 is 5.14 Å². The van der Waals surface area contributed by atoms with Gasteiger partial charge in [-0.2, -0.15) is 0 Å². The molecule has 1 saturated carbocycles. The number of sulfonamides is 1. The van der Waals surface area contributed by atoms with E-state index in [4.69, 9.17) is 5.14 Å². The second kappa shape index (κ2) is 6.43. The first-order valence-electron chi connectivity index (χ1n) is 7.85. The highest BCUT2D eigenvalue weighted by Crippen LogP contribution is 2.39. The molecular formula is C18H21NO3S. The van der Waals surface area contributed by atoms with Crippen molar-refractivity contribution in [3.8, 4) is 11.1 Å². The summed E-state index contributed by atoms with van der Waals surface area (Å²) in [6.07, 6.45) is 2.97. The third kappa shape index (κ3) is 3.63. The van der Waals surface area contributed by atoms with Gasteiger partial charge in [0.25, 0.3) is 0 Å². The van der Waals surface area contributed by atoms with Crippen molar-refractivity contribution in [2.45, 2.75) is 42.6 Å². The zero-order valence-corrected chi connectivity index (χ0v) is 13.7. The number of aliphatic hydroxyl groups excluding tert-OH is 1.